The molecule has 1 saturated carbocycles. The van der Waals surface area contributed by atoms with Gasteiger partial charge in [-0.3, -0.25) is 4.79 Å². The number of hydrogen-bond donors (Lipinski definition) is 2. The van der Waals surface area contributed by atoms with Crippen LogP contribution in [-0.2, 0) is 9.53 Å². The van der Waals surface area contributed by atoms with E-state index in [0.717, 1.165) is 6.54 Å². The van der Waals surface area contributed by atoms with Crippen LogP contribution in [0, 0.1) is 5.92 Å². The first-order valence-electron chi connectivity index (χ1n) is 7.86. The molecule has 1 aliphatic carbocycles. The lowest BCUT2D eigenvalue weighted by molar-refractivity contribution is -0.130. The molecule has 1 aliphatic heterocycles. The lowest BCUT2D eigenvalue weighted by Crippen LogP contribution is -2.57. The molecular weight excluding hydrogens is 276 g/mol. The summed E-state index contributed by atoms with van der Waals surface area (Å²) in [6.45, 7) is 2.01. The Labute approximate surface area is 128 Å². The molecule has 5 heteroatoms. The fraction of sp³-hybridized carbons (Fsp3) is 0.933. The molecule has 4 nitrogen and oxygen atoms in total. The Bertz CT molecular complexity index is 286. The highest BCUT2D eigenvalue weighted by Gasteiger charge is 2.35. The van der Waals surface area contributed by atoms with E-state index in [-0.39, 0.29) is 18.3 Å². The van der Waals surface area contributed by atoms with E-state index < -0.39 is 5.54 Å². The summed E-state index contributed by atoms with van der Waals surface area (Å²) in [4.78, 5) is 12.2. The topological polar surface area (TPSA) is 64.4 Å². The van der Waals surface area contributed by atoms with E-state index in [1.54, 1.807) is 0 Å². The fourth-order valence-corrected chi connectivity index (χ4v) is 3.12. The third-order valence-electron chi connectivity index (χ3n) is 4.61. The number of ether oxygens (including phenoxy) is 1. The largest absolute Gasteiger partial charge is 0.381 e. The number of rotatable bonds is 3. The first-order valence-corrected chi connectivity index (χ1v) is 7.86. The lowest BCUT2D eigenvalue weighted by Gasteiger charge is -2.32. The standard InChI is InChI=1S/C15H28N2O2.ClH/c16-15(8-10-19-11-9-15)14(18)17-12-13-6-4-2-1-3-5-7-13;/h13H,1-12,16H2,(H,17,18);1H. The summed E-state index contributed by atoms with van der Waals surface area (Å²) in [6.07, 6.45) is 10.5. The summed E-state index contributed by atoms with van der Waals surface area (Å²) in [5.41, 5.74) is 5.49. The van der Waals surface area contributed by atoms with Crippen molar-refractivity contribution in [3.8, 4) is 0 Å². The van der Waals surface area contributed by atoms with E-state index in [4.69, 9.17) is 10.5 Å². The van der Waals surface area contributed by atoms with Crippen LogP contribution < -0.4 is 11.1 Å². The van der Waals surface area contributed by atoms with E-state index in [9.17, 15) is 4.79 Å². The van der Waals surface area contributed by atoms with E-state index in [2.05, 4.69) is 5.32 Å². The molecule has 2 fully saturated rings. The Morgan fingerprint density at radius 3 is 2.25 bits per heavy atom. The summed E-state index contributed by atoms with van der Waals surface area (Å²) in [5, 5.41) is 3.09. The summed E-state index contributed by atoms with van der Waals surface area (Å²) >= 11 is 0. The molecule has 3 N–H and O–H groups in total. The Hall–Kier alpha value is -0.320. The maximum absolute atomic E-state index is 12.2. The summed E-state index contributed by atoms with van der Waals surface area (Å²) in [6, 6.07) is 0. The van der Waals surface area contributed by atoms with Gasteiger partial charge in [0.15, 0.2) is 0 Å². The van der Waals surface area contributed by atoms with Crippen LogP contribution in [0.1, 0.15) is 57.8 Å². The second-order valence-corrected chi connectivity index (χ2v) is 6.19. The lowest BCUT2D eigenvalue weighted by atomic mass is 9.88. The molecule has 118 valence electrons. The number of amides is 1. The van der Waals surface area contributed by atoms with Crippen molar-refractivity contribution in [2.24, 2.45) is 11.7 Å². The minimum Gasteiger partial charge on any atom is -0.381 e. The summed E-state index contributed by atoms with van der Waals surface area (Å²) in [5.74, 6) is 0.672. The van der Waals surface area contributed by atoms with Crippen molar-refractivity contribution in [3.63, 3.8) is 0 Å². The number of carbonyl (C=O) groups is 1. The van der Waals surface area contributed by atoms with Gasteiger partial charge in [-0.15, -0.1) is 12.4 Å². The minimum absolute atomic E-state index is 0. The van der Waals surface area contributed by atoms with Crippen LogP contribution >= 0.6 is 12.4 Å². The number of nitrogens with one attached hydrogen (secondary N) is 1. The van der Waals surface area contributed by atoms with Gasteiger partial charge < -0.3 is 15.8 Å². The van der Waals surface area contributed by atoms with Gasteiger partial charge in [-0.25, -0.2) is 0 Å². The molecule has 20 heavy (non-hydrogen) atoms. The highest BCUT2D eigenvalue weighted by molar-refractivity contribution is 5.86. The quantitative estimate of drug-likeness (QED) is 0.841. The molecule has 0 aromatic heterocycles. The van der Waals surface area contributed by atoms with Gasteiger partial charge in [0, 0.05) is 19.8 Å². The van der Waals surface area contributed by atoms with Crippen LogP contribution in [-0.4, -0.2) is 31.2 Å². The number of carbonyl (C=O) groups excluding carboxylic acids is 1. The average Bonchev–Trinajstić information content (AvgIpc) is 2.38. The molecule has 0 atom stereocenters. The average molecular weight is 305 g/mol. The molecular formula is C15H29ClN2O2. The minimum atomic E-state index is -0.695. The normalized spacial score (nSPS) is 24.1. The Balaban J connectivity index is 0.00000200. The van der Waals surface area contributed by atoms with Gasteiger partial charge in [-0.1, -0.05) is 32.1 Å². The van der Waals surface area contributed by atoms with Gasteiger partial charge in [-0.05, 0) is 31.6 Å². The first kappa shape index (κ1) is 17.7. The van der Waals surface area contributed by atoms with Crippen molar-refractivity contribution in [1.82, 2.24) is 5.32 Å². The molecule has 2 aliphatic rings. The zero-order valence-corrected chi connectivity index (χ0v) is 13.2. The van der Waals surface area contributed by atoms with E-state index >= 15 is 0 Å². The van der Waals surface area contributed by atoms with Crippen LogP contribution in [0.25, 0.3) is 0 Å². The van der Waals surface area contributed by atoms with Crippen molar-refractivity contribution in [2.45, 2.75) is 63.3 Å². The van der Waals surface area contributed by atoms with Crippen molar-refractivity contribution >= 4 is 18.3 Å². The fourth-order valence-electron chi connectivity index (χ4n) is 3.12. The van der Waals surface area contributed by atoms with Crippen molar-refractivity contribution in [1.29, 1.82) is 0 Å². The summed E-state index contributed by atoms with van der Waals surface area (Å²) in [7, 11) is 0. The van der Waals surface area contributed by atoms with Gasteiger partial charge in [0.25, 0.3) is 0 Å². The van der Waals surface area contributed by atoms with Gasteiger partial charge >= 0.3 is 0 Å². The SMILES string of the molecule is Cl.NC1(C(=O)NCC2CCCCCCC2)CCOCC1. The highest BCUT2D eigenvalue weighted by atomic mass is 35.5. The molecule has 0 unspecified atom stereocenters. The van der Waals surface area contributed by atoms with E-state index in [1.807, 2.05) is 0 Å². The maximum Gasteiger partial charge on any atom is 0.240 e. The van der Waals surface area contributed by atoms with E-state index in [1.165, 1.54) is 44.9 Å². The third-order valence-corrected chi connectivity index (χ3v) is 4.61. The van der Waals surface area contributed by atoms with Gasteiger partial charge in [-0.2, -0.15) is 0 Å². The third kappa shape index (κ3) is 5.23. The molecule has 0 radical (unpaired) electrons. The summed E-state index contributed by atoms with van der Waals surface area (Å²) < 4.78 is 5.28. The number of hydrogen-bond acceptors (Lipinski definition) is 3. The van der Waals surface area contributed by atoms with Crippen LogP contribution in [0.5, 0.6) is 0 Å². The molecule has 0 aromatic carbocycles. The maximum atomic E-state index is 12.2. The molecule has 1 heterocycles. The van der Waals surface area contributed by atoms with Gasteiger partial charge in [0.05, 0.1) is 5.54 Å². The number of halogens is 1. The van der Waals surface area contributed by atoms with Gasteiger partial charge in [0.2, 0.25) is 5.91 Å². The number of nitrogens with two attached hydrogens (primary N) is 1. The van der Waals surface area contributed by atoms with Crippen LogP contribution in [0.2, 0.25) is 0 Å². The van der Waals surface area contributed by atoms with Crippen molar-refractivity contribution in [3.05, 3.63) is 0 Å². The molecule has 0 aromatic rings. The first-order chi connectivity index (χ1) is 9.21. The molecule has 1 saturated heterocycles. The highest BCUT2D eigenvalue weighted by Crippen LogP contribution is 2.22. The van der Waals surface area contributed by atoms with Crippen LogP contribution in [0.15, 0.2) is 0 Å². The van der Waals surface area contributed by atoms with Crippen LogP contribution in [0.4, 0.5) is 0 Å². The molecule has 2 rings (SSSR count). The zero-order chi connectivity index (χ0) is 13.6. The molecule has 0 bridgehead atoms. The molecule has 0 spiro atoms. The second-order valence-electron chi connectivity index (χ2n) is 6.19. The Morgan fingerprint density at radius 2 is 1.65 bits per heavy atom. The van der Waals surface area contributed by atoms with Crippen LogP contribution in [0.3, 0.4) is 0 Å². The smallest absolute Gasteiger partial charge is 0.240 e. The zero-order valence-electron chi connectivity index (χ0n) is 12.4. The van der Waals surface area contributed by atoms with Gasteiger partial charge in [0.1, 0.15) is 0 Å². The van der Waals surface area contributed by atoms with Crippen molar-refractivity contribution < 1.29 is 9.53 Å². The monoisotopic (exact) mass is 304 g/mol. The van der Waals surface area contributed by atoms with Crippen molar-refractivity contribution in [2.75, 3.05) is 19.8 Å². The predicted molar refractivity (Wildman–Crippen MR) is 83.0 cm³/mol. The van der Waals surface area contributed by atoms with E-state index in [0.29, 0.717) is 32.0 Å². The predicted octanol–water partition coefficient (Wildman–Crippen LogP) is 2.39. The molecule has 1 amide bonds. The Morgan fingerprint density at radius 1 is 1.10 bits per heavy atom. The Kier molecular flexibility index (Phi) is 7.85. The second kappa shape index (κ2) is 8.85.